The number of hydrogen-bond acceptors (Lipinski definition) is 2. The van der Waals surface area contributed by atoms with Gasteiger partial charge in [0.25, 0.3) is 0 Å². The van der Waals surface area contributed by atoms with Crippen LogP contribution in [0.5, 0.6) is 0 Å². The van der Waals surface area contributed by atoms with E-state index < -0.39 is 0 Å². The molecule has 1 amide bonds. The van der Waals surface area contributed by atoms with Crippen molar-refractivity contribution in [1.82, 2.24) is 4.90 Å². The minimum Gasteiger partial charge on any atom is -0.325 e. The van der Waals surface area contributed by atoms with Crippen molar-refractivity contribution in [3.63, 3.8) is 0 Å². The fourth-order valence-corrected chi connectivity index (χ4v) is 3.68. The molecule has 3 rings (SSSR count). The van der Waals surface area contributed by atoms with Crippen LogP contribution in [0, 0.1) is 6.92 Å². The van der Waals surface area contributed by atoms with Crippen molar-refractivity contribution in [3.05, 3.63) is 29.3 Å². The van der Waals surface area contributed by atoms with Crippen LogP contribution in [-0.4, -0.2) is 29.9 Å². The van der Waals surface area contributed by atoms with Gasteiger partial charge in [-0.1, -0.05) is 12.1 Å². The molecule has 3 nitrogen and oxygen atoms in total. The fourth-order valence-electron chi connectivity index (χ4n) is 3.68. The Balaban J connectivity index is 2.07. The minimum atomic E-state index is -0.316. The lowest BCUT2D eigenvalue weighted by molar-refractivity contribution is -0.123. The summed E-state index contributed by atoms with van der Waals surface area (Å²) >= 11 is 0. The SMILES string of the molecule is Cc1cccc2c1C1(CCCN(C(C)C)C1)C(=O)N2. The highest BCUT2D eigenvalue weighted by Crippen LogP contribution is 2.45. The summed E-state index contributed by atoms with van der Waals surface area (Å²) in [6.45, 7) is 8.51. The van der Waals surface area contributed by atoms with Gasteiger partial charge < -0.3 is 5.32 Å². The third kappa shape index (κ3) is 1.79. The molecule has 0 aliphatic carbocycles. The van der Waals surface area contributed by atoms with Gasteiger partial charge in [-0.15, -0.1) is 0 Å². The number of nitrogens with zero attached hydrogens (tertiary/aromatic N) is 1. The van der Waals surface area contributed by atoms with E-state index in [1.165, 1.54) is 11.1 Å². The summed E-state index contributed by atoms with van der Waals surface area (Å²) in [6, 6.07) is 6.67. The molecule has 3 heteroatoms. The van der Waals surface area contributed by atoms with Crippen molar-refractivity contribution in [3.8, 4) is 0 Å². The lowest BCUT2D eigenvalue weighted by Gasteiger charge is -2.41. The monoisotopic (exact) mass is 258 g/mol. The number of carbonyl (C=O) groups excluding carboxylic acids is 1. The van der Waals surface area contributed by atoms with Gasteiger partial charge in [-0.05, 0) is 57.4 Å². The number of amides is 1. The van der Waals surface area contributed by atoms with E-state index in [1.807, 2.05) is 12.1 Å². The first-order chi connectivity index (χ1) is 9.04. The summed E-state index contributed by atoms with van der Waals surface area (Å²) in [6.07, 6.45) is 2.07. The highest BCUT2D eigenvalue weighted by Gasteiger charge is 2.50. The van der Waals surface area contributed by atoms with E-state index in [2.05, 4.69) is 37.1 Å². The Kier molecular flexibility index (Phi) is 2.90. The Bertz CT molecular complexity index is 523. The summed E-state index contributed by atoms with van der Waals surface area (Å²) in [5.74, 6) is 0.196. The normalized spacial score (nSPS) is 26.8. The van der Waals surface area contributed by atoms with E-state index >= 15 is 0 Å². The third-order valence-electron chi connectivity index (χ3n) is 4.69. The van der Waals surface area contributed by atoms with Gasteiger partial charge in [0.15, 0.2) is 0 Å². The van der Waals surface area contributed by atoms with Gasteiger partial charge in [0.05, 0.1) is 5.41 Å². The number of hydrogen-bond donors (Lipinski definition) is 1. The largest absolute Gasteiger partial charge is 0.325 e. The zero-order valence-electron chi connectivity index (χ0n) is 12.0. The molecule has 2 aliphatic heterocycles. The van der Waals surface area contributed by atoms with Crippen LogP contribution in [0.3, 0.4) is 0 Å². The van der Waals surface area contributed by atoms with Gasteiger partial charge in [0.1, 0.15) is 0 Å². The van der Waals surface area contributed by atoms with Gasteiger partial charge in [0, 0.05) is 18.3 Å². The van der Waals surface area contributed by atoms with E-state index in [0.717, 1.165) is 31.6 Å². The van der Waals surface area contributed by atoms with Crippen molar-refractivity contribution in [2.75, 3.05) is 18.4 Å². The molecule has 1 fully saturated rings. The third-order valence-corrected chi connectivity index (χ3v) is 4.69. The number of piperidine rings is 1. The van der Waals surface area contributed by atoms with Gasteiger partial charge in [-0.2, -0.15) is 0 Å². The first-order valence-corrected chi connectivity index (χ1v) is 7.20. The molecule has 1 unspecified atom stereocenters. The summed E-state index contributed by atoms with van der Waals surface area (Å²) < 4.78 is 0. The summed E-state index contributed by atoms with van der Waals surface area (Å²) in [5, 5.41) is 3.09. The van der Waals surface area contributed by atoms with Crippen molar-refractivity contribution in [1.29, 1.82) is 0 Å². The van der Waals surface area contributed by atoms with Gasteiger partial charge in [-0.25, -0.2) is 0 Å². The Hall–Kier alpha value is -1.35. The number of rotatable bonds is 1. The van der Waals surface area contributed by atoms with E-state index in [1.54, 1.807) is 0 Å². The molecule has 1 spiro atoms. The lowest BCUT2D eigenvalue weighted by atomic mass is 9.73. The Labute approximate surface area is 115 Å². The number of fused-ring (bicyclic) bond motifs is 2. The second-order valence-corrected chi connectivity index (χ2v) is 6.20. The highest BCUT2D eigenvalue weighted by atomic mass is 16.2. The standard InChI is InChI=1S/C16H22N2O/c1-11(2)18-9-5-8-16(10-18)14-12(3)6-4-7-13(14)17-15(16)19/h4,6-7,11H,5,8-10H2,1-3H3,(H,17,19). The maximum atomic E-state index is 12.6. The van der Waals surface area contributed by atoms with Crippen molar-refractivity contribution in [2.24, 2.45) is 0 Å². The number of carbonyl (C=O) groups is 1. The van der Waals surface area contributed by atoms with Crippen molar-refractivity contribution >= 4 is 11.6 Å². The Morgan fingerprint density at radius 1 is 1.37 bits per heavy atom. The molecule has 19 heavy (non-hydrogen) atoms. The molecule has 1 aromatic carbocycles. The number of benzene rings is 1. The zero-order chi connectivity index (χ0) is 13.6. The summed E-state index contributed by atoms with van der Waals surface area (Å²) in [5.41, 5.74) is 3.19. The van der Waals surface area contributed by atoms with E-state index in [-0.39, 0.29) is 11.3 Å². The maximum Gasteiger partial charge on any atom is 0.236 e. The number of anilines is 1. The molecular formula is C16H22N2O. The first kappa shape index (κ1) is 12.7. The Morgan fingerprint density at radius 3 is 2.89 bits per heavy atom. The highest BCUT2D eigenvalue weighted by molar-refractivity contribution is 6.07. The van der Waals surface area contributed by atoms with Crippen LogP contribution in [0.4, 0.5) is 5.69 Å². The smallest absolute Gasteiger partial charge is 0.236 e. The molecule has 1 N–H and O–H groups in total. The predicted octanol–water partition coefficient (Wildman–Crippen LogP) is 2.69. The minimum absolute atomic E-state index is 0.196. The summed E-state index contributed by atoms with van der Waals surface area (Å²) in [7, 11) is 0. The molecule has 1 aromatic rings. The summed E-state index contributed by atoms with van der Waals surface area (Å²) in [4.78, 5) is 15.0. The van der Waals surface area contributed by atoms with Crippen LogP contribution in [0.1, 0.15) is 37.8 Å². The van der Waals surface area contributed by atoms with Crippen LogP contribution in [0.2, 0.25) is 0 Å². The van der Waals surface area contributed by atoms with Crippen LogP contribution >= 0.6 is 0 Å². The van der Waals surface area contributed by atoms with Gasteiger partial charge >= 0.3 is 0 Å². The van der Waals surface area contributed by atoms with Crippen LogP contribution < -0.4 is 5.32 Å². The average molecular weight is 258 g/mol. The molecule has 0 radical (unpaired) electrons. The number of nitrogens with one attached hydrogen (secondary N) is 1. The predicted molar refractivity (Wildman–Crippen MR) is 77.4 cm³/mol. The zero-order valence-corrected chi connectivity index (χ0v) is 12.0. The van der Waals surface area contributed by atoms with Crippen molar-refractivity contribution in [2.45, 2.75) is 45.1 Å². The van der Waals surface area contributed by atoms with Crippen LogP contribution in [0.15, 0.2) is 18.2 Å². The topological polar surface area (TPSA) is 32.3 Å². The van der Waals surface area contributed by atoms with Crippen LogP contribution in [0.25, 0.3) is 0 Å². The molecular weight excluding hydrogens is 236 g/mol. The number of likely N-dealkylation sites (tertiary alicyclic amines) is 1. The lowest BCUT2D eigenvalue weighted by Crippen LogP contribution is -2.52. The molecule has 0 saturated carbocycles. The van der Waals surface area contributed by atoms with E-state index in [9.17, 15) is 4.79 Å². The molecule has 102 valence electrons. The maximum absolute atomic E-state index is 12.6. The molecule has 2 heterocycles. The second kappa shape index (κ2) is 4.34. The fraction of sp³-hybridized carbons (Fsp3) is 0.562. The van der Waals surface area contributed by atoms with Gasteiger partial charge in [0.2, 0.25) is 5.91 Å². The van der Waals surface area contributed by atoms with E-state index in [4.69, 9.17) is 0 Å². The molecule has 0 bridgehead atoms. The first-order valence-electron chi connectivity index (χ1n) is 7.20. The molecule has 1 saturated heterocycles. The van der Waals surface area contributed by atoms with Gasteiger partial charge in [-0.3, -0.25) is 9.69 Å². The van der Waals surface area contributed by atoms with Crippen molar-refractivity contribution < 1.29 is 4.79 Å². The number of aryl methyl sites for hydroxylation is 1. The molecule has 2 aliphatic rings. The quantitative estimate of drug-likeness (QED) is 0.840. The Morgan fingerprint density at radius 2 is 2.16 bits per heavy atom. The van der Waals surface area contributed by atoms with Crippen LogP contribution in [-0.2, 0) is 10.2 Å². The van der Waals surface area contributed by atoms with E-state index in [0.29, 0.717) is 6.04 Å². The molecule has 0 aromatic heterocycles. The average Bonchev–Trinajstić information content (AvgIpc) is 2.64. The second-order valence-electron chi connectivity index (χ2n) is 6.20. The molecule has 1 atom stereocenters.